The smallest absolute Gasteiger partial charge is 0.252 e. The van der Waals surface area contributed by atoms with E-state index in [4.69, 9.17) is 15.0 Å². The van der Waals surface area contributed by atoms with E-state index in [1.165, 1.54) is 0 Å². The Morgan fingerprint density at radius 3 is 2.73 bits per heavy atom. The van der Waals surface area contributed by atoms with E-state index in [1.54, 1.807) is 25.3 Å². The van der Waals surface area contributed by atoms with Gasteiger partial charge < -0.3 is 15.0 Å². The average molecular weight is 297 g/mol. The second-order valence-corrected chi connectivity index (χ2v) is 4.76. The number of nitrogens with two attached hydrogens (primary N) is 1. The number of aromatic nitrogens is 1. The van der Waals surface area contributed by atoms with E-state index in [-0.39, 0.29) is 0 Å². The molecule has 0 radical (unpaired) electrons. The fourth-order valence-electron chi connectivity index (χ4n) is 2.19. The first-order valence-electron chi connectivity index (χ1n) is 6.73. The maximum Gasteiger partial charge on any atom is 0.252 e. The second kappa shape index (κ2) is 5.97. The highest BCUT2D eigenvalue weighted by Gasteiger charge is 2.14. The number of amides is 1. The number of benzene rings is 2. The van der Waals surface area contributed by atoms with Crippen LogP contribution in [-0.2, 0) is 11.4 Å². The standard InChI is InChI=1S/C16H15N3O3/c1-21-18-9-10-5-7-11(8-6-10)16-19-13-4-2-3-12(15(17)20)14(13)22-16/h2-8,18H,9H2,1H3,(H2,17,20). The van der Waals surface area contributed by atoms with Crippen molar-refractivity contribution in [3.05, 3.63) is 53.6 Å². The lowest BCUT2D eigenvalue weighted by atomic mass is 10.1. The summed E-state index contributed by atoms with van der Waals surface area (Å²) in [6, 6.07) is 12.8. The van der Waals surface area contributed by atoms with Crippen molar-refractivity contribution in [1.82, 2.24) is 10.5 Å². The minimum absolute atomic E-state index is 0.331. The van der Waals surface area contributed by atoms with Crippen LogP contribution in [-0.4, -0.2) is 18.0 Å². The molecule has 0 aliphatic rings. The van der Waals surface area contributed by atoms with Crippen molar-refractivity contribution in [2.45, 2.75) is 6.54 Å². The van der Waals surface area contributed by atoms with Gasteiger partial charge in [-0.1, -0.05) is 18.2 Å². The van der Waals surface area contributed by atoms with Gasteiger partial charge in [0.1, 0.15) is 5.52 Å². The largest absolute Gasteiger partial charge is 0.435 e. The lowest BCUT2D eigenvalue weighted by Gasteiger charge is -2.02. The van der Waals surface area contributed by atoms with Crippen molar-refractivity contribution in [2.75, 3.05) is 7.11 Å². The fraction of sp³-hybridized carbons (Fsp3) is 0.125. The van der Waals surface area contributed by atoms with Crippen molar-refractivity contribution in [2.24, 2.45) is 5.73 Å². The molecule has 0 saturated carbocycles. The number of hydroxylamine groups is 1. The van der Waals surface area contributed by atoms with E-state index in [0.29, 0.717) is 29.1 Å². The number of hydrogen-bond donors (Lipinski definition) is 2. The Kier molecular flexibility index (Phi) is 3.86. The van der Waals surface area contributed by atoms with Gasteiger partial charge >= 0.3 is 0 Å². The molecule has 1 amide bonds. The highest BCUT2D eigenvalue weighted by Crippen LogP contribution is 2.26. The molecular formula is C16H15N3O3. The summed E-state index contributed by atoms with van der Waals surface area (Å²) in [5, 5.41) is 0. The van der Waals surface area contributed by atoms with Gasteiger partial charge in [-0.2, -0.15) is 5.48 Å². The Morgan fingerprint density at radius 2 is 2.05 bits per heavy atom. The van der Waals surface area contributed by atoms with Gasteiger partial charge in [0.2, 0.25) is 5.89 Å². The number of hydrogen-bond acceptors (Lipinski definition) is 5. The first-order valence-corrected chi connectivity index (χ1v) is 6.73. The Labute approximate surface area is 126 Å². The molecule has 22 heavy (non-hydrogen) atoms. The predicted molar refractivity (Wildman–Crippen MR) is 81.8 cm³/mol. The van der Waals surface area contributed by atoms with Crippen molar-refractivity contribution < 1.29 is 14.0 Å². The third kappa shape index (κ3) is 2.69. The van der Waals surface area contributed by atoms with Crippen LogP contribution in [0.4, 0.5) is 0 Å². The summed E-state index contributed by atoms with van der Waals surface area (Å²) in [6.07, 6.45) is 0. The SMILES string of the molecule is CONCc1ccc(-c2nc3cccc(C(N)=O)c3o2)cc1. The molecule has 3 rings (SSSR count). The van der Waals surface area contributed by atoms with E-state index in [0.717, 1.165) is 11.1 Å². The number of carbonyl (C=O) groups is 1. The average Bonchev–Trinajstić information content (AvgIpc) is 2.97. The highest BCUT2D eigenvalue weighted by molar-refractivity contribution is 6.03. The number of nitrogens with zero attached hydrogens (tertiary/aromatic N) is 1. The Balaban J connectivity index is 1.96. The normalized spacial score (nSPS) is 11.0. The molecule has 2 aromatic carbocycles. The van der Waals surface area contributed by atoms with Gasteiger partial charge in [-0.15, -0.1) is 0 Å². The minimum atomic E-state index is -0.533. The number of carbonyl (C=O) groups excluding carboxylic acids is 1. The van der Waals surface area contributed by atoms with Crippen molar-refractivity contribution in [1.29, 1.82) is 0 Å². The molecule has 0 spiro atoms. The summed E-state index contributed by atoms with van der Waals surface area (Å²) < 4.78 is 5.72. The van der Waals surface area contributed by atoms with E-state index in [9.17, 15) is 4.79 Å². The molecule has 3 aromatic rings. The molecule has 6 heteroatoms. The summed E-state index contributed by atoms with van der Waals surface area (Å²) in [4.78, 5) is 20.6. The Bertz CT molecular complexity index is 809. The number of para-hydroxylation sites is 1. The topological polar surface area (TPSA) is 90.4 Å². The van der Waals surface area contributed by atoms with Gasteiger partial charge in [-0.3, -0.25) is 4.79 Å². The molecule has 0 bridgehead atoms. The van der Waals surface area contributed by atoms with Crippen LogP contribution in [0.3, 0.4) is 0 Å². The molecule has 6 nitrogen and oxygen atoms in total. The van der Waals surface area contributed by atoms with Gasteiger partial charge in [-0.05, 0) is 29.8 Å². The number of rotatable bonds is 5. The molecule has 3 N–H and O–H groups in total. The number of primary amides is 1. The van der Waals surface area contributed by atoms with Crippen LogP contribution in [0.1, 0.15) is 15.9 Å². The minimum Gasteiger partial charge on any atom is -0.435 e. The van der Waals surface area contributed by atoms with Crippen molar-refractivity contribution in [3.63, 3.8) is 0 Å². The van der Waals surface area contributed by atoms with Gasteiger partial charge in [0.15, 0.2) is 5.58 Å². The lowest BCUT2D eigenvalue weighted by Crippen LogP contribution is -2.10. The van der Waals surface area contributed by atoms with E-state index < -0.39 is 5.91 Å². The summed E-state index contributed by atoms with van der Waals surface area (Å²) in [6.45, 7) is 0.607. The van der Waals surface area contributed by atoms with Crippen LogP contribution in [0.15, 0.2) is 46.9 Å². The Morgan fingerprint density at radius 1 is 1.27 bits per heavy atom. The molecule has 0 fully saturated rings. The van der Waals surface area contributed by atoms with Crippen LogP contribution in [0.25, 0.3) is 22.6 Å². The first-order chi connectivity index (χ1) is 10.7. The van der Waals surface area contributed by atoms with Crippen LogP contribution in [0.5, 0.6) is 0 Å². The maximum atomic E-state index is 11.4. The van der Waals surface area contributed by atoms with Crippen LogP contribution < -0.4 is 11.2 Å². The monoisotopic (exact) mass is 297 g/mol. The molecule has 0 aliphatic heterocycles. The van der Waals surface area contributed by atoms with Gasteiger partial charge in [0, 0.05) is 12.1 Å². The highest BCUT2D eigenvalue weighted by atomic mass is 16.6. The lowest BCUT2D eigenvalue weighted by molar-refractivity contribution is 0.0867. The number of fused-ring (bicyclic) bond motifs is 1. The quantitative estimate of drug-likeness (QED) is 0.705. The number of nitrogens with one attached hydrogen (secondary N) is 1. The van der Waals surface area contributed by atoms with Crippen molar-refractivity contribution in [3.8, 4) is 11.5 Å². The summed E-state index contributed by atoms with van der Waals surface area (Å²) >= 11 is 0. The maximum absolute atomic E-state index is 11.4. The molecule has 1 heterocycles. The van der Waals surface area contributed by atoms with Crippen LogP contribution >= 0.6 is 0 Å². The van der Waals surface area contributed by atoms with Gasteiger partial charge in [0.25, 0.3) is 5.91 Å². The first kappa shape index (κ1) is 14.2. The van der Waals surface area contributed by atoms with Crippen molar-refractivity contribution >= 4 is 17.0 Å². The molecular weight excluding hydrogens is 282 g/mol. The molecule has 0 saturated heterocycles. The molecule has 0 aliphatic carbocycles. The summed E-state index contributed by atoms with van der Waals surface area (Å²) in [5.74, 6) is -0.0794. The zero-order valence-electron chi connectivity index (χ0n) is 12.0. The van der Waals surface area contributed by atoms with E-state index >= 15 is 0 Å². The van der Waals surface area contributed by atoms with E-state index in [1.807, 2.05) is 24.3 Å². The summed E-state index contributed by atoms with van der Waals surface area (Å²) in [7, 11) is 1.57. The van der Waals surface area contributed by atoms with Gasteiger partial charge in [0.05, 0.1) is 12.7 Å². The molecule has 0 atom stereocenters. The zero-order chi connectivity index (χ0) is 15.5. The third-order valence-corrected chi connectivity index (χ3v) is 3.30. The fourth-order valence-corrected chi connectivity index (χ4v) is 2.19. The molecule has 0 unspecified atom stereocenters. The molecule has 112 valence electrons. The molecule has 1 aromatic heterocycles. The van der Waals surface area contributed by atoms with Gasteiger partial charge in [-0.25, -0.2) is 4.98 Å². The number of oxazole rings is 1. The van der Waals surface area contributed by atoms with Crippen LogP contribution in [0, 0.1) is 0 Å². The van der Waals surface area contributed by atoms with Crippen LogP contribution in [0.2, 0.25) is 0 Å². The summed E-state index contributed by atoms with van der Waals surface area (Å²) in [5.41, 5.74) is 11.4. The third-order valence-electron chi connectivity index (χ3n) is 3.30. The zero-order valence-corrected chi connectivity index (χ0v) is 12.0. The Hall–Kier alpha value is -2.70. The second-order valence-electron chi connectivity index (χ2n) is 4.76. The van der Waals surface area contributed by atoms with E-state index in [2.05, 4.69) is 10.5 Å². The predicted octanol–water partition coefficient (Wildman–Crippen LogP) is 2.24.